The SMILES string of the molecule is CC(=O)N(CC(=O)N1CCC2(CC1)OCCO2)c1ccccc1. The lowest BCUT2D eigenvalue weighted by Gasteiger charge is -2.38. The molecule has 124 valence electrons. The Morgan fingerprint density at radius 3 is 2.30 bits per heavy atom. The quantitative estimate of drug-likeness (QED) is 0.845. The summed E-state index contributed by atoms with van der Waals surface area (Å²) in [5.41, 5.74) is 0.740. The highest BCUT2D eigenvalue weighted by atomic mass is 16.7. The van der Waals surface area contributed by atoms with Crippen LogP contribution in [-0.2, 0) is 19.1 Å². The van der Waals surface area contributed by atoms with E-state index in [4.69, 9.17) is 9.47 Å². The van der Waals surface area contributed by atoms with Gasteiger partial charge in [-0.2, -0.15) is 0 Å². The van der Waals surface area contributed by atoms with Gasteiger partial charge in [-0.05, 0) is 12.1 Å². The zero-order valence-corrected chi connectivity index (χ0v) is 13.4. The molecule has 3 rings (SSSR count). The predicted octanol–water partition coefficient (Wildman–Crippen LogP) is 1.40. The van der Waals surface area contributed by atoms with E-state index in [0.717, 1.165) is 5.69 Å². The van der Waals surface area contributed by atoms with Crippen LogP contribution in [0.25, 0.3) is 0 Å². The largest absolute Gasteiger partial charge is 0.347 e. The molecule has 2 heterocycles. The summed E-state index contributed by atoms with van der Waals surface area (Å²) in [7, 11) is 0. The maximum atomic E-state index is 12.5. The van der Waals surface area contributed by atoms with E-state index in [9.17, 15) is 9.59 Å². The number of rotatable bonds is 3. The highest BCUT2D eigenvalue weighted by Crippen LogP contribution is 2.31. The van der Waals surface area contributed by atoms with Gasteiger partial charge in [0, 0.05) is 38.5 Å². The number of likely N-dealkylation sites (tertiary alicyclic amines) is 1. The van der Waals surface area contributed by atoms with Crippen molar-refractivity contribution in [3.05, 3.63) is 30.3 Å². The van der Waals surface area contributed by atoms with Crippen molar-refractivity contribution in [1.82, 2.24) is 4.90 Å². The molecule has 0 N–H and O–H groups in total. The van der Waals surface area contributed by atoms with Crippen molar-refractivity contribution in [2.45, 2.75) is 25.6 Å². The van der Waals surface area contributed by atoms with E-state index in [1.54, 1.807) is 4.90 Å². The van der Waals surface area contributed by atoms with Crippen LogP contribution in [0.2, 0.25) is 0 Å². The molecule has 2 fully saturated rings. The van der Waals surface area contributed by atoms with E-state index in [1.165, 1.54) is 11.8 Å². The van der Waals surface area contributed by atoms with Crippen molar-refractivity contribution < 1.29 is 19.1 Å². The molecular weight excluding hydrogens is 296 g/mol. The molecule has 2 aliphatic heterocycles. The number of hydrogen-bond donors (Lipinski definition) is 0. The Bertz CT molecular complexity index is 559. The molecule has 0 bridgehead atoms. The minimum atomic E-state index is -0.490. The average Bonchev–Trinajstić information content (AvgIpc) is 3.01. The number of benzene rings is 1. The standard InChI is InChI=1S/C17H22N2O4/c1-14(20)19(15-5-3-2-4-6-15)13-16(21)18-9-7-17(8-10-18)22-11-12-23-17/h2-6H,7-13H2,1H3. The molecule has 0 radical (unpaired) electrons. The van der Waals surface area contributed by atoms with Gasteiger partial charge < -0.3 is 19.3 Å². The Kier molecular flexibility index (Phi) is 4.63. The van der Waals surface area contributed by atoms with Crippen molar-refractivity contribution in [2.75, 3.05) is 37.7 Å². The molecule has 0 unspecified atom stereocenters. The molecule has 1 aromatic carbocycles. The fourth-order valence-electron chi connectivity index (χ4n) is 3.11. The fraction of sp³-hybridized carbons (Fsp3) is 0.529. The lowest BCUT2D eigenvalue weighted by atomic mass is 10.0. The lowest BCUT2D eigenvalue weighted by Crippen LogP contribution is -2.50. The third kappa shape index (κ3) is 3.54. The van der Waals surface area contributed by atoms with E-state index in [0.29, 0.717) is 39.1 Å². The number of hydrogen-bond acceptors (Lipinski definition) is 4. The number of carbonyl (C=O) groups excluding carboxylic acids is 2. The second kappa shape index (κ2) is 6.68. The topological polar surface area (TPSA) is 59.1 Å². The Morgan fingerprint density at radius 1 is 1.13 bits per heavy atom. The van der Waals surface area contributed by atoms with Crippen LogP contribution in [0.4, 0.5) is 5.69 Å². The molecule has 6 nitrogen and oxygen atoms in total. The highest BCUT2D eigenvalue weighted by molar-refractivity contribution is 5.97. The van der Waals surface area contributed by atoms with Gasteiger partial charge in [0.05, 0.1) is 13.2 Å². The van der Waals surface area contributed by atoms with Crippen LogP contribution in [-0.4, -0.2) is 55.3 Å². The van der Waals surface area contributed by atoms with Crippen molar-refractivity contribution in [3.8, 4) is 0 Å². The van der Waals surface area contributed by atoms with E-state index in [2.05, 4.69) is 0 Å². The molecule has 0 atom stereocenters. The van der Waals surface area contributed by atoms with Gasteiger partial charge in [0.1, 0.15) is 6.54 Å². The molecule has 23 heavy (non-hydrogen) atoms. The van der Waals surface area contributed by atoms with Crippen molar-refractivity contribution in [2.24, 2.45) is 0 Å². The smallest absolute Gasteiger partial charge is 0.242 e. The van der Waals surface area contributed by atoms with Gasteiger partial charge in [-0.1, -0.05) is 18.2 Å². The molecule has 6 heteroatoms. The van der Waals surface area contributed by atoms with Crippen LogP contribution in [0.15, 0.2) is 30.3 Å². The fourth-order valence-corrected chi connectivity index (χ4v) is 3.11. The van der Waals surface area contributed by atoms with Crippen LogP contribution < -0.4 is 4.90 Å². The number of para-hydroxylation sites is 1. The Labute approximate surface area is 136 Å². The van der Waals surface area contributed by atoms with E-state index < -0.39 is 5.79 Å². The number of anilines is 1. The van der Waals surface area contributed by atoms with Gasteiger partial charge in [0.2, 0.25) is 11.8 Å². The van der Waals surface area contributed by atoms with Crippen LogP contribution in [0.3, 0.4) is 0 Å². The monoisotopic (exact) mass is 318 g/mol. The minimum absolute atomic E-state index is 0.0445. The minimum Gasteiger partial charge on any atom is -0.347 e. The molecule has 2 amide bonds. The molecule has 2 saturated heterocycles. The number of amides is 2. The number of carbonyl (C=O) groups is 2. The Hall–Kier alpha value is -1.92. The van der Waals surface area contributed by atoms with Crippen molar-refractivity contribution >= 4 is 17.5 Å². The lowest BCUT2D eigenvalue weighted by molar-refractivity contribution is -0.187. The van der Waals surface area contributed by atoms with Crippen LogP contribution in [0.1, 0.15) is 19.8 Å². The predicted molar refractivity (Wildman–Crippen MR) is 84.9 cm³/mol. The second-order valence-corrected chi connectivity index (χ2v) is 5.93. The number of nitrogens with zero attached hydrogens (tertiary/aromatic N) is 2. The maximum absolute atomic E-state index is 12.5. The first-order valence-electron chi connectivity index (χ1n) is 7.98. The average molecular weight is 318 g/mol. The maximum Gasteiger partial charge on any atom is 0.242 e. The first-order chi connectivity index (χ1) is 11.1. The van der Waals surface area contributed by atoms with Gasteiger partial charge in [-0.3, -0.25) is 9.59 Å². The van der Waals surface area contributed by atoms with Gasteiger partial charge >= 0.3 is 0 Å². The summed E-state index contributed by atoms with van der Waals surface area (Å²) in [5.74, 6) is -0.673. The number of ether oxygens (including phenoxy) is 2. The molecular formula is C17H22N2O4. The third-order valence-corrected chi connectivity index (χ3v) is 4.43. The molecule has 1 spiro atoms. The Balaban J connectivity index is 1.61. The van der Waals surface area contributed by atoms with Crippen LogP contribution >= 0.6 is 0 Å². The van der Waals surface area contributed by atoms with Gasteiger partial charge in [-0.25, -0.2) is 0 Å². The second-order valence-electron chi connectivity index (χ2n) is 5.93. The molecule has 0 saturated carbocycles. The molecule has 0 aliphatic carbocycles. The third-order valence-electron chi connectivity index (χ3n) is 4.43. The van der Waals surface area contributed by atoms with Crippen molar-refractivity contribution in [3.63, 3.8) is 0 Å². The Morgan fingerprint density at radius 2 is 1.74 bits per heavy atom. The molecule has 1 aromatic rings. The van der Waals surface area contributed by atoms with Crippen LogP contribution in [0, 0.1) is 0 Å². The van der Waals surface area contributed by atoms with Crippen molar-refractivity contribution in [1.29, 1.82) is 0 Å². The zero-order chi connectivity index (χ0) is 16.3. The summed E-state index contributed by atoms with van der Waals surface area (Å²) < 4.78 is 11.3. The summed E-state index contributed by atoms with van der Waals surface area (Å²) in [6.07, 6.45) is 1.37. The number of piperidine rings is 1. The van der Waals surface area contributed by atoms with Gasteiger partial charge in [-0.15, -0.1) is 0 Å². The zero-order valence-electron chi connectivity index (χ0n) is 13.4. The molecule has 2 aliphatic rings. The summed E-state index contributed by atoms with van der Waals surface area (Å²) in [6, 6.07) is 9.26. The normalized spacial score (nSPS) is 19.8. The van der Waals surface area contributed by atoms with E-state index >= 15 is 0 Å². The summed E-state index contributed by atoms with van der Waals surface area (Å²) in [5, 5.41) is 0. The van der Waals surface area contributed by atoms with E-state index in [-0.39, 0.29) is 18.4 Å². The van der Waals surface area contributed by atoms with Gasteiger partial charge in [0.25, 0.3) is 0 Å². The summed E-state index contributed by atoms with van der Waals surface area (Å²) in [6.45, 7) is 3.98. The first kappa shape index (κ1) is 16.0. The van der Waals surface area contributed by atoms with Crippen LogP contribution in [0.5, 0.6) is 0 Å². The highest BCUT2D eigenvalue weighted by Gasteiger charge is 2.40. The van der Waals surface area contributed by atoms with Gasteiger partial charge in [0.15, 0.2) is 5.79 Å². The summed E-state index contributed by atoms with van der Waals surface area (Å²) >= 11 is 0. The van der Waals surface area contributed by atoms with E-state index in [1.807, 2.05) is 30.3 Å². The first-order valence-corrected chi connectivity index (χ1v) is 7.98. The summed E-state index contributed by atoms with van der Waals surface area (Å²) in [4.78, 5) is 27.7. The molecule has 0 aromatic heterocycles.